The standard InChI is InChI=1S/C17H23N7S/c1-25-17-19-7-5-15(21-17)23-10-12-24(13-11-23)16-18-6-4-14(20-16)22-8-2-3-9-22/h4-7H,2-3,8-13H2,1H3. The Hall–Kier alpha value is -2.09. The third kappa shape index (κ3) is 3.63. The van der Waals surface area contributed by atoms with Gasteiger partial charge in [0.1, 0.15) is 11.6 Å². The highest BCUT2D eigenvalue weighted by Crippen LogP contribution is 2.22. The molecule has 2 fully saturated rings. The summed E-state index contributed by atoms with van der Waals surface area (Å²) in [6.07, 6.45) is 8.24. The van der Waals surface area contributed by atoms with Crippen LogP contribution in [0, 0.1) is 0 Å². The van der Waals surface area contributed by atoms with Gasteiger partial charge in [-0.2, -0.15) is 4.98 Å². The Kier molecular flexibility index (Phi) is 4.87. The zero-order valence-corrected chi connectivity index (χ0v) is 15.3. The first kappa shape index (κ1) is 16.4. The maximum absolute atomic E-state index is 4.80. The molecule has 0 bridgehead atoms. The van der Waals surface area contributed by atoms with E-state index in [1.165, 1.54) is 12.8 Å². The summed E-state index contributed by atoms with van der Waals surface area (Å²) in [4.78, 5) is 25.1. The summed E-state index contributed by atoms with van der Waals surface area (Å²) in [5.41, 5.74) is 0. The molecule has 0 spiro atoms. The van der Waals surface area contributed by atoms with E-state index in [4.69, 9.17) is 4.98 Å². The van der Waals surface area contributed by atoms with Gasteiger partial charge in [-0.1, -0.05) is 11.8 Å². The van der Waals surface area contributed by atoms with Crippen molar-refractivity contribution in [3.8, 4) is 0 Å². The molecule has 2 aromatic heterocycles. The molecule has 0 radical (unpaired) electrons. The van der Waals surface area contributed by atoms with Crippen molar-refractivity contribution in [3.05, 3.63) is 24.5 Å². The molecule has 2 aromatic rings. The van der Waals surface area contributed by atoms with Gasteiger partial charge in [0.05, 0.1) is 0 Å². The molecule has 25 heavy (non-hydrogen) atoms. The molecule has 2 saturated heterocycles. The lowest BCUT2D eigenvalue weighted by molar-refractivity contribution is 0.630. The van der Waals surface area contributed by atoms with Crippen LogP contribution < -0.4 is 14.7 Å². The second kappa shape index (κ2) is 7.43. The van der Waals surface area contributed by atoms with Crippen LogP contribution in [0.15, 0.2) is 29.7 Å². The van der Waals surface area contributed by atoms with E-state index in [9.17, 15) is 0 Å². The molecule has 0 saturated carbocycles. The molecule has 0 aliphatic carbocycles. The SMILES string of the molecule is CSc1nccc(N2CCN(c3nccc(N4CCCC4)n3)CC2)n1. The predicted octanol–water partition coefficient (Wildman–Crippen LogP) is 1.92. The number of hydrogen-bond donors (Lipinski definition) is 0. The quantitative estimate of drug-likeness (QED) is 0.607. The van der Waals surface area contributed by atoms with Crippen LogP contribution in [0.3, 0.4) is 0 Å². The van der Waals surface area contributed by atoms with Gasteiger partial charge in [-0.05, 0) is 31.2 Å². The van der Waals surface area contributed by atoms with Crippen molar-refractivity contribution in [2.75, 3.05) is 60.2 Å². The molecular formula is C17H23N7S. The van der Waals surface area contributed by atoms with Crippen LogP contribution in [0.25, 0.3) is 0 Å². The zero-order valence-electron chi connectivity index (χ0n) is 14.5. The van der Waals surface area contributed by atoms with Crippen molar-refractivity contribution < 1.29 is 0 Å². The number of nitrogens with zero attached hydrogens (tertiary/aromatic N) is 7. The van der Waals surface area contributed by atoms with Crippen LogP contribution >= 0.6 is 11.8 Å². The van der Waals surface area contributed by atoms with E-state index in [2.05, 4.69) is 29.7 Å². The van der Waals surface area contributed by atoms with Gasteiger partial charge in [-0.3, -0.25) is 0 Å². The van der Waals surface area contributed by atoms with Gasteiger partial charge >= 0.3 is 0 Å². The molecule has 4 rings (SSSR count). The van der Waals surface area contributed by atoms with E-state index in [1.807, 2.05) is 30.8 Å². The Morgan fingerprint density at radius 2 is 1.36 bits per heavy atom. The minimum Gasteiger partial charge on any atom is -0.356 e. The normalized spacial score (nSPS) is 18.0. The Labute approximate surface area is 152 Å². The highest BCUT2D eigenvalue weighted by Gasteiger charge is 2.21. The Bertz CT molecular complexity index is 712. The number of aromatic nitrogens is 4. The fourth-order valence-corrected chi connectivity index (χ4v) is 3.71. The van der Waals surface area contributed by atoms with Gasteiger partial charge in [0.25, 0.3) is 0 Å². The minimum absolute atomic E-state index is 0.821. The zero-order chi connectivity index (χ0) is 17.1. The molecule has 2 aliphatic heterocycles. The van der Waals surface area contributed by atoms with E-state index < -0.39 is 0 Å². The molecular weight excluding hydrogens is 334 g/mol. The van der Waals surface area contributed by atoms with Crippen molar-refractivity contribution in [3.63, 3.8) is 0 Å². The minimum atomic E-state index is 0.821. The summed E-state index contributed by atoms with van der Waals surface area (Å²) in [6, 6.07) is 4.01. The average molecular weight is 357 g/mol. The van der Waals surface area contributed by atoms with Crippen molar-refractivity contribution >= 4 is 29.3 Å². The monoisotopic (exact) mass is 357 g/mol. The van der Waals surface area contributed by atoms with Gasteiger partial charge in [-0.15, -0.1) is 0 Å². The number of piperazine rings is 1. The summed E-state index contributed by atoms with van der Waals surface area (Å²) in [6.45, 7) is 5.86. The molecule has 8 heteroatoms. The first-order chi connectivity index (χ1) is 12.3. The van der Waals surface area contributed by atoms with E-state index in [-0.39, 0.29) is 0 Å². The molecule has 0 aromatic carbocycles. The summed E-state index contributed by atoms with van der Waals surface area (Å²) in [7, 11) is 0. The summed E-state index contributed by atoms with van der Waals surface area (Å²) in [5.74, 6) is 2.91. The smallest absolute Gasteiger partial charge is 0.227 e. The van der Waals surface area contributed by atoms with E-state index in [0.717, 1.165) is 62.0 Å². The first-order valence-corrected chi connectivity index (χ1v) is 10.0. The predicted molar refractivity (Wildman–Crippen MR) is 102 cm³/mol. The second-order valence-corrected chi connectivity index (χ2v) is 7.06. The first-order valence-electron chi connectivity index (χ1n) is 8.78. The van der Waals surface area contributed by atoms with Crippen LogP contribution in [0.4, 0.5) is 17.6 Å². The van der Waals surface area contributed by atoms with Crippen molar-refractivity contribution in [1.29, 1.82) is 0 Å². The highest BCUT2D eigenvalue weighted by molar-refractivity contribution is 7.98. The lowest BCUT2D eigenvalue weighted by atomic mass is 10.3. The highest BCUT2D eigenvalue weighted by atomic mass is 32.2. The lowest BCUT2D eigenvalue weighted by Crippen LogP contribution is -2.47. The van der Waals surface area contributed by atoms with Gasteiger partial charge in [-0.25, -0.2) is 15.0 Å². The maximum Gasteiger partial charge on any atom is 0.227 e. The van der Waals surface area contributed by atoms with Crippen LogP contribution in [-0.4, -0.2) is 65.5 Å². The third-order valence-corrected chi connectivity index (χ3v) is 5.31. The fraction of sp³-hybridized carbons (Fsp3) is 0.529. The molecule has 0 amide bonds. The Morgan fingerprint density at radius 1 is 0.760 bits per heavy atom. The van der Waals surface area contributed by atoms with Gasteiger partial charge in [0, 0.05) is 51.7 Å². The molecule has 4 heterocycles. The molecule has 7 nitrogen and oxygen atoms in total. The molecule has 0 N–H and O–H groups in total. The van der Waals surface area contributed by atoms with E-state index >= 15 is 0 Å². The number of rotatable bonds is 4. The van der Waals surface area contributed by atoms with Crippen LogP contribution in [-0.2, 0) is 0 Å². The average Bonchev–Trinajstić information content (AvgIpc) is 3.23. The number of hydrogen-bond acceptors (Lipinski definition) is 8. The Morgan fingerprint density at radius 3 is 2.08 bits per heavy atom. The van der Waals surface area contributed by atoms with Crippen molar-refractivity contribution in [1.82, 2.24) is 19.9 Å². The molecule has 0 atom stereocenters. The maximum atomic E-state index is 4.80. The molecule has 2 aliphatic rings. The van der Waals surface area contributed by atoms with Crippen LogP contribution in [0.5, 0.6) is 0 Å². The van der Waals surface area contributed by atoms with Gasteiger partial charge in [0.2, 0.25) is 5.95 Å². The third-order valence-electron chi connectivity index (χ3n) is 4.75. The van der Waals surface area contributed by atoms with Gasteiger partial charge in [0.15, 0.2) is 5.16 Å². The lowest BCUT2D eigenvalue weighted by Gasteiger charge is -2.35. The van der Waals surface area contributed by atoms with Crippen LogP contribution in [0.1, 0.15) is 12.8 Å². The topological polar surface area (TPSA) is 61.3 Å². The second-order valence-electron chi connectivity index (χ2n) is 6.28. The summed E-state index contributed by atoms with van der Waals surface area (Å²) >= 11 is 1.57. The largest absolute Gasteiger partial charge is 0.356 e. The van der Waals surface area contributed by atoms with Crippen LogP contribution in [0.2, 0.25) is 0 Å². The summed E-state index contributed by atoms with van der Waals surface area (Å²) in [5, 5.41) is 0.821. The van der Waals surface area contributed by atoms with Gasteiger partial charge < -0.3 is 14.7 Å². The van der Waals surface area contributed by atoms with Crippen molar-refractivity contribution in [2.45, 2.75) is 18.0 Å². The fourth-order valence-electron chi connectivity index (χ4n) is 3.36. The number of thioether (sulfide) groups is 1. The Balaban J connectivity index is 1.42. The summed E-state index contributed by atoms with van der Waals surface area (Å²) < 4.78 is 0. The van der Waals surface area contributed by atoms with E-state index in [0.29, 0.717) is 0 Å². The molecule has 0 unspecified atom stereocenters. The molecule has 132 valence electrons. The van der Waals surface area contributed by atoms with Crippen molar-refractivity contribution in [2.24, 2.45) is 0 Å². The number of anilines is 3. The van der Waals surface area contributed by atoms with E-state index in [1.54, 1.807) is 11.8 Å².